The van der Waals surface area contributed by atoms with Crippen LogP contribution in [0.3, 0.4) is 0 Å². The Morgan fingerprint density at radius 1 is 1.21 bits per heavy atom. The zero-order valence-corrected chi connectivity index (χ0v) is 16.1. The molecule has 28 heavy (non-hydrogen) atoms. The summed E-state index contributed by atoms with van der Waals surface area (Å²) < 4.78 is 11.8. The molecule has 0 radical (unpaired) electrons. The fourth-order valence-corrected chi connectivity index (χ4v) is 3.52. The topological polar surface area (TPSA) is 76.1 Å². The standard InChI is InChI=1S/C22H25NO5/c1-3-27-18-6-4-5-17(13-18)21-19(11-12-20(24)23(21)2)28-14-15-7-9-16(10-8-15)22(25)26/h4-10,13,19,21H,3,11-12,14H2,1-2H3,(H,25,26)/t19-,21+/m0/s1. The first-order chi connectivity index (χ1) is 13.5. The molecule has 6 heteroatoms. The van der Waals surface area contributed by atoms with Crippen LogP contribution in [0.1, 0.15) is 47.3 Å². The number of hydrogen-bond acceptors (Lipinski definition) is 4. The van der Waals surface area contributed by atoms with Gasteiger partial charge < -0.3 is 19.5 Å². The molecule has 1 heterocycles. The van der Waals surface area contributed by atoms with Gasteiger partial charge in [0.15, 0.2) is 0 Å². The lowest BCUT2D eigenvalue weighted by Crippen LogP contribution is -2.44. The van der Waals surface area contributed by atoms with E-state index < -0.39 is 5.97 Å². The van der Waals surface area contributed by atoms with Crippen LogP contribution in [0.2, 0.25) is 0 Å². The Bertz CT molecular complexity index is 833. The third kappa shape index (κ3) is 4.51. The number of carboxylic acid groups (broad SMARTS) is 1. The van der Waals surface area contributed by atoms with E-state index in [0.717, 1.165) is 16.9 Å². The summed E-state index contributed by atoms with van der Waals surface area (Å²) in [5, 5.41) is 9.01. The number of benzene rings is 2. The Morgan fingerprint density at radius 3 is 2.64 bits per heavy atom. The van der Waals surface area contributed by atoms with Crippen molar-refractivity contribution in [3.05, 3.63) is 65.2 Å². The average molecular weight is 383 g/mol. The maximum Gasteiger partial charge on any atom is 0.335 e. The van der Waals surface area contributed by atoms with Gasteiger partial charge in [-0.2, -0.15) is 0 Å². The zero-order valence-electron chi connectivity index (χ0n) is 16.1. The number of aromatic carboxylic acids is 1. The summed E-state index contributed by atoms with van der Waals surface area (Å²) in [6.45, 7) is 2.87. The monoisotopic (exact) mass is 383 g/mol. The minimum absolute atomic E-state index is 0.0949. The summed E-state index contributed by atoms with van der Waals surface area (Å²) in [7, 11) is 1.80. The number of carboxylic acids is 1. The molecule has 1 fully saturated rings. The highest BCUT2D eigenvalue weighted by atomic mass is 16.5. The fraction of sp³-hybridized carbons (Fsp3) is 0.364. The van der Waals surface area contributed by atoms with E-state index in [2.05, 4.69) is 0 Å². The normalized spacial score (nSPS) is 19.5. The summed E-state index contributed by atoms with van der Waals surface area (Å²) in [4.78, 5) is 25.0. The van der Waals surface area contributed by atoms with Crippen molar-refractivity contribution in [1.29, 1.82) is 0 Å². The third-order valence-corrected chi connectivity index (χ3v) is 4.98. The van der Waals surface area contributed by atoms with Crippen LogP contribution >= 0.6 is 0 Å². The summed E-state index contributed by atoms with van der Waals surface area (Å²) in [5.74, 6) is -0.0824. The van der Waals surface area contributed by atoms with Crippen LogP contribution in [-0.4, -0.2) is 41.6 Å². The molecule has 0 bridgehead atoms. The zero-order chi connectivity index (χ0) is 20.1. The molecule has 0 spiro atoms. The van der Waals surface area contributed by atoms with Crippen molar-refractivity contribution in [2.45, 2.75) is 38.5 Å². The van der Waals surface area contributed by atoms with Crippen LogP contribution in [0, 0.1) is 0 Å². The average Bonchev–Trinajstić information content (AvgIpc) is 2.69. The number of amides is 1. The molecule has 1 saturated heterocycles. The van der Waals surface area contributed by atoms with Gasteiger partial charge in [-0.1, -0.05) is 24.3 Å². The molecule has 2 aromatic rings. The molecule has 0 aliphatic carbocycles. The molecular weight excluding hydrogens is 358 g/mol. The molecule has 0 aromatic heterocycles. The first-order valence-corrected chi connectivity index (χ1v) is 9.42. The van der Waals surface area contributed by atoms with Crippen molar-refractivity contribution in [2.75, 3.05) is 13.7 Å². The Kier molecular flexibility index (Phi) is 6.31. The van der Waals surface area contributed by atoms with Gasteiger partial charge in [0.2, 0.25) is 5.91 Å². The second-order valence-electron chi connectivity index (χ2n) is 6.85. The number of ether oxygens (including phenoxy) is 2. The predicted octanol–water partition coefficient (Wildman–Crippen LogP) is 3.66. The van der Waals surface area contributed by atoms with Gasteiger partial charge in [-0.15, -0.1) is 0 Å². The van der Waals surface area contributed by atoms with Crippen molar-refractivity contribution < 1.29 is 24.2 Å². The first-order valence-electron chi connectivity index (χ1n) is 9.42. The van der Waals surface area contributed by atoms with E-state index in [1.54, 1.807) is 36.2 Å². The molecule has 0 saturated carbocycles. The number of likely N-dealkylation sites (N-methyl/N-ethyl adjacent to an activating group) is 1. The number of likely N-dealkylation sites (tertiary alicyclic amines) is 1. The van der Waals surface area contributed by atoms with E-state index in [1.165, 1.54) is 0 Å². The number of carbonyl (C=O) groups is 2. The Hall–Kier alpha value is -2.86. The maximum absolute atomic E-state index is 12.3. The Balaban J connectivity index is 1.76. The highest BCUT2D eigenvalue weighted by Gasteiger charge is 2.35. The highest BCUT2D eigenvalue weighted by molar-refractivity contribution is 5.87. The van der Waals surface area contributed by atoms with Crippen LogP contribution in [0.5, 0.6) is 5.75 Å². The van der Waals surface area contributed by atoms with Gasteiger partial charge >= 0.3 is 5.97 Å². The molecule has 6 nitrogen and oxygen atoms in total. The van der Waals surface area contributed by atoms with Crippen LogP contribution in [0.25, 0.3) is 0 Å². The second kappa shape index (κ2) is 8.89. The lowest BCUT2D eigenvalue weighted by atomic mass is 9.92. The summed E-state index contributed by atoms with van der Waals surface area (Å²) >= 11 is 0. The van der Waals surface area contributed by atoms with Gasteiger partial charge in [0.05, 0.1) is 30.9 Å². The molecule has 1 aliphatic rings. The maximum atomic E-state index is 12.3. The van der Waals surface area contributed by atoms with Gasteiger partial charge in [0.1, 0.15) is 5.75 Å². The second-order valence-corrected chi connectivity index (χ2v) is 6.85. The van der Waals surface area contributed by atoms with E-state index in [0.29, 0.717) is 26.1 Å². The molecule has 1 aliphatic heterocycles. The predicted molar refractivity (Wildman–Crippen MR) is 104 cm³/mol. The van der Waals surface area contributed by atoms with Gasteiger partial charge in [-0.25, -0.2) is 4.79 Å². The third-order valence-electron chi connectivity index (χ3n) is 4.98. The van der Waals surface area contributed by atoms with E-state index in [-0.39, 0.29) is 23.6 Å². The quantitative estimate of drug-likeness (QED) is 0.790. The minimum Gasteiger partial charge on any atom is -0.494 e. The Labute approximate surface area is 164 Å². The lowest BCUT2D eigenvalue weighted by molar-refractivity contribution is -0.143. The van der Waals surface area contributed by atoms with E-state index in [9.17, 15) is 9.59 Å². The molecular formula is C22H25NO5. The lowest BCUT2D eigenvalue weighted by Gasteiger charge is -2.39. The van der Waals surface area contributed by atoms with Gasteiger partial charge in [-0.3, -0.25) is 4.79 Å². The molecule has 148 valence electrons. The number of carbonyl (C=O) groups excluding carboxylic acids is 1. The van der Waals surface area contributed by atoms with Crippen molar-refractivity contribution in [3.63, 3.8) is 0 Å². The number of piperidine rings is 1. The van der Waals surface area contributed by atoms with E-state index >= 15 is 0 Å². The van der Waals surface area contributed by atoms with Crippen LogP contribution < -0.4 is 4.74 Å². The number of rotatable bonds is 7. The van der Waals surface area contributed by atoms with Crippen molar-refractivity contribution in [1.82, 2.24) is 4.90 Å². The SMILES string of the molecule is CCOc1cccc([C@@H]2[C@@H](OCc3ccc(C(=O)O)cc3)CCC(=O)N2C)c1. The molecule has 2 aromatic carbocycles. The van der Waals surface area contributed by atoms with E-state index in [1.807, 2.05) is 31.2 Å². The summed E-state index contributed by atoms with van der Waals surface area (Å²) in [6.07, 6.45) is 0.930. The largest absolute Gasteiger partial charge is 0.494 e. The number of hydrogen-bond donors (Lipinski definition) is 1. The van der Waals surface area contributed by atoms with Gasteiger partial charge in [-0.05, 0) is 48.7 Å². The molecule has 2 atom stereocenters. The smallest absolute Gasteiger partial charge is 0.335 e. The van der Waals surface area contributed by atoms with Gasteiger partial charge in [0, 0.05) is 13.5 Å². The highest BCUT2D eigenvalue weighted by Crippen LogP contribution is 2.34. The Morgan fingerprint density at radius 2 is 1.96 bits per heavy atom. The number of nitrogens with zero attached hydrogens (tertiary/aromatic N) is 1. The molecule has 3 rings (SSSR count). The van der Waals surface area contributed by atoms with Crippen molar-refractivity contribution in [2.24, 2.45) is 0 Å². The fourth-order valence-electron chi connectivity index (χ4n) is 3.52. The summed E-state index contributed by atoms with van der Waals surface area (Å²) in [6, 6.07) is 14.2. The first kappa shape index (κ1) is 19.9. The van der Waals surface area contributed by atoms with Crippen molar-refractivity contribution in [3.8, 4) is 5.75 Å². The van der Waals surface area contributed by atoms with Crippen molar-refractivity contribution >= 4 is 11.9 Å². The van der Waals surface area contributed by atoms with Gasteiger partial charge in [0.25, 0.3) is 0 Å². The molecule has 1 N–H and O–H groups in total. The molecule has 0 unspecified atom stereocenters. The van der Waals surface area contributed by atoms with Crippen LogP contribution in [0.15, 0.2) is 48.5 Å². The van der Waals surface area contributed by atoms with Crippen LogP contribution in [-0.2, 0) is 16.1 Å². The van der Waals surface area contributed by atoms with E-state index in [4.69, 9.17) is 14.6 Å². The summed E-state index contributed by atoms with van der Waals surface area (Å²) in [5.41, 5.74) is 2.12. The molecule has 1 amide bonds. The van der Waals surface area contributed by atoms with Crippen LogP contribution in [0.4, 0.5) is 0 Å². The minimum atomic E-state index is -0.950.